The van der Waals surface area contributed by atoms with Gasteiger partial charge < -0.3 is 19.1 Å². The van der Waals surface area contributed by atoms with Crippen molar-refractivity contribution >= 4 is 45.2 Å². The first-order valence-electron chi connectivity index (χ1n) is 9.05. The van der Waals surface area contributed by atoms with Crippen molar-refractivity contribution in [3.63, 3.8) is 0 Å². The molecular weight excluding hydrogens is 473 g/mol. The van der Waals surface area contributed by atoms with Gasteiger partial charge in [-0.05, 0) is 12.1 Å². The van der Waals surface area contributed by atoms with E-state index >= 15 is 0 Å². The van der Waals surface area contributed by atoms with E-state index in [1.807, 2.05) is 0 Å². The van der Waals surface area contributed by atoms with Gasteiger partial charge in [0.2, 0.25) is 5.91 Å². The van der Waals surface area contributed by atoms with Crippen LogP contribution in [0.4, 0.5) is 0 Å². The molecule has 31 heavy (non-hydrogen) atoms. The second-order valence-electron chi connectivity index (χ2n) is 6.51. The zero-order valence-corrected chi connectivity index (χ0v) is 19.1. The number of hydrogen-bond acceptors (Lipinski definition) is 7. The van der Waals surface area contributed by atoms with Crippen molar-refractivity contribution in [3.05, 3.63) is 22.2 Å². The van der Waals surface area contributed by atoms with Crippen LogP contribution >= 0.6 is 23.2 Å². The number of esters is 1. The first-order valence-corrected chi connectivity index (χ1v) is 11.3. The number of methoxy groups -OCH3 is 2. The van der Waals surface area contributed by atoms with Crippen LogP contribution in [-0.2, 0) is 29.2 Å². The van der Waals surface area contributed by atoms with Gasteiger partial charge in [-0.25, -0.2) is 0 Å². The van der Waals surface area contributed by atoms with Gasteiger partial charge in [-0.1, -0.05) is 35.0 Å². The van der Waals surface area contributed by atoms with Gasteiger partial charge in [-0.15, -0.1) is 0 Å². The van der Waals surface area contributed by atoms with Gasteiger partial charge >= 0.3 is 5.97 Å². The molecule has 0 saturated heterocycles. The van der Waals surface area contributed by atoms with E-state index in [1.165, 1.54) is 14.2 Å². The Hall–Kier alpha value is -1.87. The van der Waals surface area contributed by atoms with E-state index < -0.39 is 33.2 Å². The molecule has 1 aromatic rings. The Labute approximate surface area is 190 Å². The summed E-state index contributed by atoms with van der Waals surface area (Å²) in [6, 6.07) is 1.80. The van der Waals surface area contributed by atoms with Crippen molar-refractivity contribution in [1.82, 2.24) is 4.90 Å². The Balaban J connectivity index is 2.00. The molecule has 0 fully saturated rings. The Morgan fingerprint density at radius 1 is 1.19 bits per heavy atom. The molecule has 1 aliphatic rings. The number of carbonyl (C=O) groups is 2. The Kier molecular flexibility index (Phi) is 9.12. The van der Waals surface area contributed by atoms with Gasteiger partial charge in [0.05, 0.1) is 27.9 Å². The molecule has 0 saturated carbocycles. The Morgan fingerprint density at radius 2 is 1.84 bits per heavy atom. The Bertz CT molecular complexity index is 979. The lowest BCUT2D eigenvalue weighted by Gasteiger charge is -2.30. The topological polar surface area (TPSA) is 119 Å². The van der Waals surface area contributed by atoms with Gasteiger partial charge in [0.15, 0.2) is 5.75 Å². The number of halogens is 2. The lowest BCUT2D eigenvalue weighted by molar-refractivity contribution is -0.140. The lowest BCUT2D eigenvalue weighted by atomic mass is 10.1. The molecule has 1 N–H and O–H groups in total. The van der Waals surface area contributed by atoms with Crippen LogP contribution in [0.2, 0.25) is 10.0 Å². The Morgan fingerprint density at radius 3 is 2.39 bits per heavy atom. The molecule has 0 unspecified atom stereocenters. The van der Waals surface area contributed by atoms with Gasteiger partial charge in [-0.3, -0.25) is 14.1 Å². The largest absolute Gasteiger partial charge is 0.423 e. The quantitative estimate of drug-likeness (QED) is 0.265. The minimum absolute atomic E-state index is 0.140. The van der Waals surface area contributed by atoms with Crippen LogP contribution < -0.4 is 4.74 Å². The monoisotopic (exact) mass is 493 g/mol. The molecule has 1 aliphatic heterocycles. The first kappa shape index (κ1) is 25.4. The molecule has 170 valence electrons. The van der Waals surface area contributed by atoms with Crippen molar-refractivity contribution in [3.8, 4) is 17.6 Å². The second-order valence-corrected chi connectivity index (χ2v) is 8.74. The van der Waals surface area contributed by atoms with Crippen LogP contribution in [0.3, 0.4) is 0 Å². The fraction of sp³-hybridized carbons (Fsp3) is 0.474. The number of rotatable bonds is 7. The van der Waals surface area contributed by atoms with Crippen molar-refractivity contribution < 1.29 is 36.8 Å². The van der Waals surface area contributed by atoms with Gasteiger partial charge in [0, 0.05) is 33.6 Å². The molecular formula is C19H21Cl2NO8S. The number of benzene rings is 1. The molecule has 0 bridgehead atoms. The van der Waals surface area contributed by atoms with Gasteiger partial charge in [-0.2, -0.15) is 8.42 Å². The molecule has 12 heteroatoms. The summed E-state index contributed by atoms with van der Waals surface area (Å²) < 4.78 is 47.2. The predicted octanol–water partition coefficient (Wildman–Crippen LogP) is 2.19. The van der Waals surface area contributed by atoms with Gasteiger partial charge in [0.25, 0.3) is 10.1 Å². The minimum Gasteiger partial charge on any atom is -0.423 e. The maximum absolute atomic E-state index is 12.6. The fourth-order valence-electron chi connectivity index (χ4n) is 2.81. The van der Waals surface area contributed by atoms with Crippen molar-refractivity contribution in [2.24, 2.45) is 0 Å². The zero-order chi connectivity index (χ0) is 23.2. The fourth-order valence-corrected chi connectivity index (χ4v) is 4.04. The summed E-state index contributed by atoms with van der Waals surface area (Å²) in [5, 5.41) is -0.564. The third kappa shape index (κ3) is 7.07. The maximum Gasteiger partial charge on any atom is 0.311 e. The van der Waals surface area contributed by atoms with E-state index in [2.05, 4.69) is 11.8 Å². The highest BCUT2D eigenvalue weighted by atomic mass is 35.5. The van der Waals surface area contributed by atoms with E-state index in [1.54, 1.807) is 4.90 Å². The van der Waals surface area contributed by atoms with Gasteiger partial charge in [0.1, 0.15) is 12.2 Å². The van der Waals surface area contributed by atoms with E-state index in [0.717, 1.165) is 12.1 Å². The SMILES string of the molecule is CO[C@H]1C#CCCN(C(=O)CCC(=O)Oc2c(Cl)cc(S(=O)(=O)O)cc2Cl)C[C@@H]1OC. The highest BCUT2D eigenvalue weighted by Gasteiger charge is 2.26. The van der Waals surface area contributed by atoms with E-state index in [4.69, 9.17) is 42.0 Å². The molecule has 0 radical (unpaired) electrons. The summed E-state index contributed by atoms with van der Waals surface area (Å²) >= 11 is 11.8. The molecule has 1 heterocycles. The first-order chi connectivity index (χ1) is 14.6. The maximum atomic E-state index is 12.6. The van der Waals surface area contributed by atoms with Crippen LogP contribution in [0.15, 0.2) is 17.0 Å². The van der Waals surface area contributed by atoms with E-state index in [-0.39, 0.29) is 41.1 Å². The lowest BCUT2D eigenvalue weighted by Crippen LogP contribution is -2.45. The average Bonchev–Trinajstić information content (AvgIpc) is 2.68. The smallest absolute Gasteiger partial charge is 0.311 e. The molecule has 1 aromatic carbocycles. The summed E-state index contributed by atoms with van der Waals surface area (Å²) in [6.07, 6.45) is -0.858. The molecule has 9 nitrogen and oxygen atoms in total. The van der Waals surface area contributed by atoms with E-state index in [9.17, 15) is 18.0 Å². The summed E-state index contributed by atoms with van der Waals surface area (Å²) in [6.45, 7) is 0.637. The predicted molar refractivity (Wildman–Crippen MR) is 112 cm³/mol. The van der Waals surface area contributed by atoms with Crippen LogP contribution in [0.1, 0.15) is 19.3 Å². The van der Waals surface area contributed by atoms with Crippen molar-refractivity contribution in [1.29, 1.82) is 0 Å². The summed E-state index contributed by atoms with van der Waals surface area (Å²) in [4.78, 5) is 25.8. The molecule has 0 aromatic heterocycles. The number of ether oxygens (including phenoxy) is 3. The summed E-state index contributed by atoms with van der Waals surface area (Å²) in [5.74, 6) is 4.53. The molecule has 0 spiro atoms. The normalized spacial score (nSPS) is 19.1. The standard InChI is InChI=1S/C19H21Cl2NO8S/c1-28-15-5-3-4-8-22(11-16(15)29-2)17(23)6-7-18(24)30-19-13(20)9-12(10-14(19)21)31(25,26)27/h9-10,15-16H,4,6-8,11H2,1-2H3,(H,25,26,27)/t15-,16-/m0/s1. The highest BCUT2D eigenvalue weighted by molar-refractivity contribution is 7.85. The summed E-state index contributed by atoms with van der Waals surface area (Å²) in [7, 11) is -1.52. The summed E-state index contributed by atoms with van der Waals surface area (Å²) in [5.41, 5.74) is 0. The average molecular weight is 494 g/mol. The third-order valence-electron chi connectivity index (χ3n) is 4.43. The van der Waals surface area contributed by atoms with E-state index in [0.29, 0.717) is 13.0 Å². The number of nitrogens with zero attached hydrogens (tertiary/aromatic N) is 1. The third-order valence-corrected chi connectivity index (χ3v) is 5.82. The van der Waals surface area contributed by atoms with Crippen LogP contribution in [-0.4, -0.2) is 69.3 Å². The molecule has 0 aliphatic carbocycles. The molecule has 2 rings (SSSR count). The van der Waals surface area contributed by atoms with Crippen molar-refractivity contribution in [2.45, 2.75) is 36.4 Å². The molecule has 2 atom stereocenters. The highest BCUT2D eigenvalue weighted by Crippen LogP contribution is 2.35. The minimum atomic E-state index is -4.53. The van der Waals surface area contributed by atoms with Crippen LogP contribution in [0.5, 0.6) is 5.75 Å². The molecule has 1 amide bonds. The zero-order valence-electron chi connectivity index (χ0n) is 16.8. The second kappa shape index (κ2) is 11.1. The number of amides is 1. The number of hydrogen-bond donors (Lipinski definition) is 1. The van der Waals surface area contributed by atoms with Crippen LogP contribution in [0, 0.1) is 11.8 Å². The number of carbonyl (C=O) groups excluding carboxylic acids is 2. The van der Waals surface area contributed by atoms with Crippen LogP contribution in [0.25, 0.3) is 0 Å². The van der Waals surface area contributed by atoms with Crippen molar-refractivity contribution in [2.75, 3.05) is 27.3 Å².